The highest BCUT2D eigenvalue weighted by molar-refractivity contribution is 7.80. The van der Waals surface area contributed by atoms with Crippen LogP contribution in [0.3, 0.4) is 0 Å². The molecular weight excluding hydrogens is 268 g/mol. The molecule has 1 heterocycles. The molecule has 2 rings (SSSR count). The van der Waals surface area contributed by atoms with Crippen LogP contribution in [0.15, 0.2) is 30.3 Å². The summed E-state index contributed by atoms with van der Waals surface area (Å²) in [6.07, 6.45) is 0. The first-order chi connectivity index (χ1) is 9.61. The average molecular weight is 288 g/mol. The van der Waals surface area contributed by atoms with Gasteiger partial charge in [0.25, 0.3) is 0 Å². The lowest BCUT2D eigenvalue weighted by Gasteiger charge is -2.10. The van der Waals surface area contributed by atoms with Gasteiger partial charge in [-0.05, 0) is 45.1 Å². The van der Waals surface area contributed by atoms with E-state index in [0.29, 0.717) is 11.7 Å². The van der Waals surface area contributed by atoms with Crippen molar-refractivity contribution in [3.63, 3.8) is 0 Å². The second-order valence-electron chi connectivity index (χ2n) is 4.64. The summed E-state index contributed by atoms with van der Waals surface area (Å²) in [5.74, 6) is 0. The largest absolute Gasteiger partial charge is 0.358 e. The van der Waals surface area contributed by atoms with E-state index >= 15 is 0 Å². The molecule has 0 saturated heterocycles. The van der Waals surface area contributed by atoms with Crippen molar-refractivity contribution in [3.8, 4) is 0 Å². The highest BCUT2D eigenvalue weighted by atomic mass is 32.1. The molecule has 2 aromatic rings. The Morgan fingerprint density at radius 2 is 1.95 bits per heavy atom. The zero-order valence-corrected chi connectivity index (χ0v) is 12.9. The molecule has 0 aliphatic carbocycles. The minimum Gasteiger partial charge on any atom is -0.358 e. The molecule has 0 unspecified atom stereocenters. The van der Waals surface area contributed by atoms with Crippen LogP contribution in [-0.2, 0) is 13.1 Å². The van der Waals surface area contributed by atoms with Gasteiger partial charge in [0, 0.05) is 30.0 Å². The van der Waals surface area contributed by atoms with E-state index in [1.54, 1.807) is 0 Å². The fraction of sp³-hybridized carbons (Fsp3) is 0.333. The Morgan fingerprint density at radius 1 is 1.25 bits per heavy atom. The van der Waals surface area contributed by atoms with Crippen molar-refractivity contribution in [2.75, 3.05) is 5.32 Å². The second-order valence-corrected chi connectivity index (χ2v) is 5.05. The summed E-state index contributed by atoms with van der Waals surface area (Å²) in [4.78, 5) is 0. The lowest BCUT2D eigenvalue weighted by atomic mass is 10.2. The Kier molecular flexibility index (Phi) is 4.74. The van der Waals surface area contributed by atoms with Gasteiger partial charge in [-0.3, -0.25) is 4.68 Å². The highest BCUT2D eigenvalue weighted by Crippen LogP contribution is 2.12. The molecule has 2 N–H and O–H groups in total. The van der Waals surface area contributed by atoms with E-state index in [1.165, 1.54) is 11.3 Å². The molecule has 20 heavy (non-hydrogen) atoms. The van der Waals surface area contributed by atoms with Crippen LogP contribution in [-0.4, -0.2) is 14.9 Å². The Balaban J connectivity index is 1.95. The van der Waals surface area contributed by atoms with Gasteiger partial charge in [-0.15, -0.1) is 0 Å². The van der Waals surface area contributed by atoms with Gasteiger partial charge < -0.3 is 10.6 Å². The van der Waals surface area contributed by atoms with E-state index in [-0.39, 0.29) is 0 Å². The number of benzene rings is 1. The summed E-state index contributed by atoms with van der Waals surface area (Å²) in [6.45, 7) is 7.80. The highest BCUT2D eigenvalue weighted by Gasteiger charge is 2.10. The molecule has 5 heteroatoms. The molecule has 0 radical (unpaired) electrons. The van der Waals surface area contributed by atoms with Crippen LogP contribution in [0.5, 0.6) is 0 Å². The first-order valence-corrected chi connectivity index (χ1v) is 7.15. The molecule has 1 aromatic carbocycles. The number of nitrogens with one attached hydrogen (secondary N) is 2. The SMILES string of the molecule is CCn1nc(C)c(CNC(=S)Nc2ccccc2)c1C. The number of hydrogen-bond donors (Lipinski definition) is 2. The lowest BCUT2D eigenvalue weighted by Crippen LogP contribution is -2.28. The zero-order valence-electron chi connectivity index (χ0n) is 12.1. The quantitative estimate of drug-likeness (QED) is 0.849. The van der Waals surface area contributed by atoms with Crippen molar-refractivity contribution in [1.29, 1.82) is 0 Å². The van der Waals surface area contributed by atoms with E-state index in [0.717, 1.165) is 17.9 Å². The fourth-order valence-electron chi connectivity index (χ4n) is 2.16. The van der Waals surface area contributed by atoms with Crippen LogP contribution in [0.4, 0.5) is 5.69 Å². The number of rotatable bonds is 4. The number of para-hydroxylation sites is 1. The van der Waals surface area contributed by atoms with Gasteiger partial charge in [0.2, 0.25) is 0 Å². The maximum absolute atomic E-state index is 5.31. The van der Waals surface area contributed by atoms with Crippen molar-refractivity contribution < 1.29 is 0 Å². The lowest BCUT2D eigenvalue weighted by molar-refractivity contribution is 0.633. The summed E-state index contributed by atoms with van der Waals surface area (Å²) in [7, 11) is 0. The first kappa shape index (κ1) is 14.5. The van der Waals surface area contributed by atoms with Crippen LogP contribution in [0.2, 0.25) is 0 Å². The van der Waals surface area contributed by atoms with Crippen molar-refractivity contribution in [2.24, 2.45) is 0 Å². The molecule has 0 aliphatic heterocycles. The Bertz CT molecular complexity index is 589. The van der Waals surface area contributed by atoms with Crippen LogP contribution in [0, 0.1) is 13.8 Å². The third kappa shape index (κ3) is 3.36. The van der Waals surface area contributed by atoms with E-state index in [9.17, 15) is 0 Å². The van der Waals surface area contributed by atoms with Crippen LogP contribution < -0.4 is 10.6 Å². The minimum atomic E-state index is 0.624. The molecular formula is C15H20N4S. The maximum atomic E-state index is 5.31. The van der Waals surface area contributed by atoms with Gasteiger partial charge in [-0.2, -0.15) is 5.10 Å². The molecule has 0 bridgehead atoms. The normalized spacial score (nSPS) is 10.3. The Hall–Kier alpha value is -1.88. The van der Waals surface area contributed by atoms with E-state index in [4.69, 9.17) is 12.2 Å². The van der Waals surface area contributed by atoms with Crippen LogP contribution in [0.1, 0.15) is 23.9 Å². The first-order valence-electron chi connectivity index (χ1n) is 6.74. The fourth-order valence-corrected chi connectivity index (χ4v) is 2.35. The van der Waals surface area contributed by atoms with Crippen molar-refractivity contribution in [1.82, 2.24) is 15.1 Å². The Morgan fingerprint density at radius 3 is 2.55 bits per heavy atom. The Labute approximate surface area is 125 Å². The monoisotopic (exact) mass is 288 g/mol. The van der Waals surface area contributed by atoms with E-state index in [1.807, 2.05) is 41.9 Å². The molecule has 0 fully saturated rings. The molecule has 0 aliphatic rings. The van der Waals surface area contributed by atoms with Crippen LogP contribution in [0.25, 0.3) is 0 Å². The number of nitrogens with zero attached hydrogens (tertiary/aromatic N) is 2. The summed E-state index contributed by atoms with van der Waals surface area (Å²) >= 11 is 5.31. The molecule has 0 atom stereocenters. The van der Waals surface area contributed by atoms with Crippen LogP contribution >= 0.6 is 12.2 Å². The second kappa shape index (κ2) is 6.52. The predicted octanol–water partition coefficient (Wildman–Crippen LogP) is 3.01. The summed E-state index contributed by atoms with van der Waals surface area (Å²) in [5.41, 5.74) is 4.45. The van der Waals surface area contributed by atoms with Crippen molar-refractivity contribution in [3.05, 3.63) is 47.3 Å². The molecule has 1 aromatic heterocycles. The van der Waals surface area contributed by atoms with Gasteiger partial charge in [0.1, 0.15) is 0 Å². The standard InChI is InChI=1S/C15H20N4S/c1-4-19-12(3)14(11(2)18-19)10-16-15(20)17-13-8-6-5-7-9-13/h5-9H,4,10H2,1-3H3,(H2,16,17,20). The van der Waals surface area contributed by atoms with Gasteiger partial charge >= 0.3 is 0 Å². The average Bonchev–Trinajstić information content (AvgIpc) is 2.72. The number of hydrogen-bond acceptors (Lipinski definition) is 2. The van der Waals surface area contributed by atoms with Crippen molar-refractivity contribution in [2.45, 2.75) is 33.9 Å². The molecule has 4 nitrogen and oxygen atoms in total. The van der Waals surface area contributed by atoms with Gasteiger partial charge in [0.05, 0.1) is 5.69 Å². The molecule has 0 amide bonds. The predicted molar refractivity (Wildman–Crippen MR) is 86.9 cm³/mol. The minimum absolute atomic E-state index is 0.624. The van der Waals surface area contributed by atoms with Gasteiger partial charge in [0.15, 0.2) is 5.11 Å². The van der Waals surface area contributed by atoms with E-state index in [2.05, 4.69) is 29.6 Å². The maximum Gasteiger partial charge on any atom is 0.171 e. The topological polar surface area (TPSA) is 41.9 Å². The van der Waals surface area contributed by atoms with E-state index < -0.39 is 0 Å². The number of anilines is 1. The smallest absolute Gasteiger partial charge is 0.171 e. The molecule has 0 spiro atoms. The number of aromatic nitrogens is 2. The van der Waals surface area contributed by atoms with Gasteiger partial charge in [-0.25, -0.2) is 0 Å². The number of thiocarbonyl (C=S) groups is 1. The summed E-state index contributed by atoms with van der Waals surface area (Å²) in [5, 5.41) is 11.5. The third-order valence-electron chi connectivity index (χ3n) is 3.29. The van der Waals surface area contributed by atoms with Crippen molar-refractivity contribution >= 4 is 23.0 Å². The summed E-state index contributed by atoms with van der Waals surface area (Å²) < 4.78 is 2.01. The summed E-state index contributed by atoms with van der Waals surface area (Å²) in [6, 6.07) is 9.90. The molecule has 0 saturated carbocycles. The zero-order chi connectivity index (χ0) is 14.5. The number of aryl methyl sites for hydroxylation is 2. The third-order valence-corrected chi connectivity index (χ3v) is 3.53. The molecule has 106 valence electrons. The van der Waals surface area contributed by atoms with Gasteiger partial charge in [-0.1, -0.05) is 18.2 Å².